The molecule has 2 heteroatoms. The molecular weight excluding hydrogens is 260 g/mol. The van der Waals surface area contributed by atoms with E-state index < -0.39 is 16.1 Å². The van der Waals surface area contributed by atoms with Crippen LogP contribution in [0.15, 0.2) is 41.7 Å². The third kappa shape index (κ3) is 8.01. The summed E-state index contributed by atoms with van der Waals surface area (Å²) in [5.41, 5.74) is 7.58. The van der Waals surface area contributed by atoms with Crippen molar-refractivity contribution in [3.63, 3.8) is 0 Å². The van der Waals surface area contributed by atoms with Crippen molar-refractivity contribution in [1.82, 2.24) is 0 Å². The van der Waals surface area contributed by atoms with E-state index >= 15 is 0 Å². The molecule has 0 nitrogen and oxygen atoms in total. The van der Waals surface area contributed by atoms with Crippen molar-refractivity contribution in [3.8, 4) is 0 Å². The lowest BCUT2D eigenvalue weighted by Crippen LogP contribution is -2.15. The highest BCUT2D eigenvalue weighted by atomic mass is 28.3. The Hall–Kier alpha value is -0.866. The van der Waals surface area contributed by atoms with Crippen molar-refractivity contribution in [2.75, 3.05) is 0 Å². The Balaban J connectivity index is 2.73. The maximum atomic E-state index is 2.43. The van der Waals surface area contributed by atoms with Gasteiger partial charge in [-0.15, -0.1) is 0 Å². The molecule has 0 aliphatic heterocycles. The second-order valence-electron chi connectivity index (χ2n) is 7.42. The molecule has 1 aromatic carbocycles. The highest BCUT2D eigenvalue weighted by Crippen LogP contribution is 2.12. The minimum Gasteiger partial charge on any atom is -0.0986 e. The van der Waals surface area contributed by atoms with Crippen molar-refractivity contribution >= 4 is 22.2 Å². The topological polar surface area (TPSA) is 0 Å². The summed E-state index contributed by atoms with van der Waals surface area (Å²) in [4.78, 5) is 0. The number of allylic oxidation sites excluding steroid dienone is 1. The van der Waals surface area contributed by atoms with Gasteiger partial charge in [0.05, 0.1) is 16.1 Å². The second-order valence-corrected chi connectivity index (χ2v) is 17.5. The summed E-state index contributed by atoms with van der Waals surface area (Å²) in [6.45, 7) is 14.2. The van der Waals surface area contributed by atoms with Gasteiger partial charge >= 0.3 is 0 Å². The molecule has 0 atom stereocenters. The smallest absolute Gasteiger partial charge is 0.0687 e. The molecule has 0 aliphatic rings. The summed E-state index contributed by atoms with van der Waals surface area (Å²) in [5.74, 6) is 0. The summed E-state index contributed by atoms with van der Waals surface area (Å²) >= 11 is 0. The summed E-state index contributed by atoms with van der Waals surface area (Å²) < 4.78 is 0. The molecule has 0 aliphatic carbocycles. The molecule has 1 aromatic rings. The van der Waals surface area contributed by atoms with E-state index in [9.17, 15) is 0 Å². The fraction of sp³-hybridized carbons (Fsp3) is 0.412. The maximum Gasteiger partial charge on any atom is 0.0687 e. The van der Waals surface area contributed by atoms with Crippen LogP contribution in [0.2, 0.25) is 39.3 Å². The van der Waals surface area contributed by atoms with Crippen LogP contribution in [0.4, 0.5) is 0 Å². The van der Waals surface area contributed by atoms with Crippen molar-refractivity contribution in [2.24, 2.45) is 0 Å². The van der Waals surface area contributed by atoms with Crippen LogP contribution in [0, 0.1) is 0 Å². The molecule has 0 aromatic heterocycles. The van der Waals surface area contributed by atoms with Gasteiger partial charge in [0, 0.05) is 0 Å². The van der Waals surface area contributed by atoms with Gasteiger partial charge in [-0.2, -0.15) is 0 Å². The van der Waals surface area contributed by atoms with Gasteiger partial charge in [-0.25, -0.2) is 0 Å². The average Bonchev–Trinajstić information content (AvgIpc) is 2.24. The van der Waals surface area contributed by atoms with Gasteiger partial charge in [-0.1, -0.05) is 87.1 Å². The van der Waals surface area contributed by atoms with Gasteiger partial charge in [-0.3, -0.25) is 0 Å². The van der Waals surface area contributed by atoms with Crippen LogP contribution >= 0.6 is 0 Å². The zero-order valence-corrected chi connectivity index (χ0v) is 15.3. The van der Waals surface area contributed by atoms with Crippen molar-refractivity contribution in [1.29, 1.82) is 0 Å². The van der Waals surface area contributed by atoms with Gasteiger partial charge in [0.25, 0.3) is 0 Å². The second kappa shape index (κ2) is 6.53. The molecule has 104 valence electrons. The monoisotopic (exact) mass is 288 g/mol. The predicted molar refractivity (Wildman–Crippen MR) is 95.0 cm³/mol. The average molecular weight is 289 g/mol. The van der Waals surface area contributed by atoms with E-state index in [1.165, 1.54) is 11.1 Å². The first-order valence-corrected chi connectivity index (χ1v) is 14.3. The highest BCUT2D eigenvalue weighted by molar-refractivity contribution is 6.81. The Morgan fingerprint density at radius 3 is 2.11 bits per heavy atom. The molecule has 0 saturated carbocycles. The van der Waals surface area contributed by atoms with Gasteiger partial charge in [0.2, 0.25) is 0 Å². The fourth-order valence-corrected chi connectivity index (χ4v) is 3.24. The number of benzene rings is 1. The molecule has 0 radical (unpaired) electrons. The van der Waals surface area contributed by atoms with Crippen molar-refractivity contribution in [3.05, 3.63) is 52.9 Å². The molecule has 0 unspecified atom stereocenters. The molecule has 19 heavy (non-hydrogen) atoms. The molecule has 0 bridgehead atoms. The summed E-state index contributed by atoms with van der Waals surface area (Å²) in [5, 5.41) is 0. The zero-order chi connectivity index (χ0) is 14.5. The molecule has 0 N–H and O–H groups in total. The molecule has 0 spiro atoms. The van der Waals surface area contributed by atoms with E-state index in [1.807, 2.05) is 0 Å². The van der Waals surface area contributed by atoms with Gasteiger partial charge < -0.3 is 0 Å². The Bertz CT molecular complexity index is 457. The molecule has 1 rings (SSSR count). The molecule has 0 amide bonds. The first-order valence-electron chi connectivity index (χ1n) is 7.12. The van der Waals surface area contributed by atoms with Crippen LogP contribution in [0.1, 0.15) is 11.1 Å². The van der Waals surface area contributed by atoms with Crippen molar-refractivity contribution < 1.29 is 0 Å². The van der Waals surface area contributed by atoms with Crippen LogP contribution in [-0.4, -0.2) is 16.1 Å². The van der Waals surface area contributed by atoms with E-state index in [2.05, 4.69) is 87.1 Å². The molecule has 0 saturated heterocycles. The molecular formula is C17H28Si2. The standard InChI is InChI=1S/C17H28Si2/c1-18(2,3)13-8-11-16-9-7-10-17(15-16)12-14-19(4,5)6/h7-10,12-15H,11H2,1-6H3/b13-8+,14-12+. The van der Waals surface area contributed by atoms with E-state index in [4.69, 9.17) is 0 Å². The Morgan fingerprint density at radius 2 is 1.53 bits per heavy atom. The van der Waals surface area contributed by atoms with E-state index in [0.717, 1.165) is 6.42 Å². The van der Waals surface area contributed by atoms with E-state index in [0.29, 0.717) is 0 Å². The summed E-state index contributed by atoms with van der Waals surface area (Å²) in [7, 11) is -2.15. The minimum atomic E-state index is -1.10. The predicted octanol–water partition coefficient (Wildman–Crippen LogP) is 5.55. The van der Waals surface area contributed by atoms with Gasteiger partial charge in [0.1, 0.15) is 0 Å². The van der Waals surface area contributed by atoms with E-state index in [-0.39, 0.29) is 0 Å². The normalized spacial score (nSPS) is 13.6. The first kappa shape index (κ1) is 16.2. The van der Waals surface area contributed by atoms with Crippen LogP contribution in [0.5, 0.6) is 0 Å². The fourth-order valence-electron chi connectivity index (χ4n) is 1.72. The lowest BCUT2D eigenvalue weighted by molar-refractivity contribution is 1.27. The SMILES string of the molecule is C[Si](C)(C)/C=C/Cc1cccc(/C=C/[Si](C)(C)C)c1. The van der Waals surface area contributed by atoms with Gasteiger partial charge in [0.15, 0.2) is 0 Å². The van der Waals surface area contributed by atoms with Crippen LogP contribution < -0.4 is 0 Å². The van der Waals surface area contributed by atoms with Gasteiger partial charge in [-0.05, 0) is 17.5 Å². The number of hydrogen-bond acceptors (Lipinski definition) is 0. The minimum absolute atomic E-state index is 1.05. The third-order valence-corrected chi connectivity index (χ3v) is 5.10. The van der Waals surface area contributed by atoms with E-state index in [1.54, 1.807) is 0 Å². The lowest BCUT2D eigenvalue weighted by atomic mass is 10.1. The molecule has 0 heterocycles. The summed E-state index contributed by atoms with van der Waals surface area (Å²) in [6, 6.07) is 8.90. The highest BCUT2D eigenvalue weighted by Gasteiger charge is 2.07. The zero-order valence-electron chi connectivity index (χ0n) is 13.3. The Morgan fingerprint density at radius 1 is 0.895 bits per heavy atom. The van der Waals surface area contributed by atoms with Crippen molar-refractivity contribution in [2.45, 2.75) is 45.7 Å². The van der Waals surface area contributed by atoms with Crippen LogP contribution in [-0.2, 0) is 6.42 Å². The Labute approximate surface area is 121 Å². The number of rotatable bonds is 5. The van der Waals surface area contributed by atoms with Crippen LogP contribution in [0.3, 0.4) is 0 Å². The Kier molecular flexibility index (Phi) is 5.56. The lowest BCUT2D eigenvalue weighted by Gasteiger charge is -2.09. The quantitative estimate of drug-likeness (QED) is 0.623. The molecule has 0 fully saturated rings. The third-order valence-electron chi connectivity index (χ3n) is 2.70. The summed E-state index contributed by atoms with van der Waals surface area (Å²) in [6.07, 6.45) is 5.68. The largest absolute Gasteiger partial charge is 0.0986 e. The van der Waals surface area contributed by atoms with Crippen LogP contribution in [0.25, 0.3) is 6.08 Å². The maximum absolute atomic E-state index is 2.43. The number of hydrogen-bond donors (Lipinski definition) is 0. The first-order chi connectivity index (χ1) is 8.66.